The Labute approximate surface area is 189 Å². The summed E-state index contributed by atoms with van der Waals surface area (Å²) < 4.78 is -1.11. The van der Waals surface area contributed by atoms with Crippen LogP contribution in [0.25, 0.3) is 0 Å². The van der Waals surface area contributed by atoms with Crippen molar-refractivity contribution in [2.24, 2.45) is 0 Å². The largest absolute Gasteiger partial charge is 0.339 e. The highest BCUT2D eigenvalue weighted by Crippen LogP contribution is 2.30. The first kappa shape index (κ1) is 22.6. The van der Waals surface area contributed by atoms with Gasteiger partial charge in [-0.2, -0.15) is 0 Å². The molecule has 2 aromatic carbocycles. The minimum Gasteiger partial charge on any atom is -0.339 e. The molecule has 0 aliphatic rings. The standard InChI is InChI=1S/C16H12BrCl3N4O3S/c17-9-5-7-10(8-6-9)21-15(28)23-14(16(18,19)20)22-13(25)11-3-1-2-4-12(11)24(26)27/h1-8,14H,(H,22,25)(H2,21,23,28)/t14-/m0/s1. The van der Waals surface area contributed by atoms with Gasteiger partial charge in [0.15, 0.2) is 5.11 Å². The first-order chi connectivity index (χ1) is 13.1. The van der Waals surface area contributed by atoms with Crippen LogP contribution in [-0.2, 0) is 0 Å². The Morgan fingerprint density at radius 1 is 1.11 bits per heavy atom. The van der Waals surface area contributed by atoms with E-state index < -0.39 is 20.8 Å². The lowest BCUT2D eigenvalue weighted by atomic mass is 10.1. The van der Waals surface area contributed by atoms with Gasteiger partial charge in [0.25, 0.3) is 11.6 Å². The molecule has 7 nitrogen and oxygen atoms in total. The summed E-state index contributed by atoms with van der Waals surface area (Å²) in [5.74, 6) is -0.803. The summed E-state index contributed by atoms with van der Waals surface area (Å²) in [6.07, 6.45) is -1.26. The highest BCUT2D eigenvalue weighted by molar-refractivity contribution is 9.10. The van der Waals surface area contributed by atoms with Gasteiger partial charge in [0.05, 0.1) is 4.92 Å². The summed E-state index contributed by atoms with van der Waals surface area (Å²) in [5.41, 5.74) is 0.104. The SMILES string of the molecule is O=C(N[C@@H](NC(=S)Nc1ccc(Br)cc1)C(Cl)(Cl)Cl)c1ccccc1[N+](=O)[O-]. The van der Waals surface area contributed by atoms with Gasteiger partial charge in [0.1, 0.15) is 11.7 Å². The first-order valence-corrected chi connectivity index (χ1v) is 9.85. The van der Waals surface area contributed by atoms with E-state index in [0.29, 0.717) is 5.69 Å². The Bertz CT molecular complexity index is 893. The van der Waals surface area contributed by atoms with Gasteiger partial charge in [-0.25, -0.2) is 0 Å². The van der Waals surface area contributed by atoms with E-state index in [1.807, 2.05) is 0 Å². The lowest BCUT2D eigenvalue weighted by molar-refractivity contribution is -0.385. The van der Waals surface area contributed by atoms with E-state index in [1.54, 1.807) is 24.3 Å². The molecule has 0 saturated heterocycles. The molecule has 0 aliphatic heterocycles. The molecular formula is C16H12BrCl3N4O3S. The summed E-state index contributed by atoms with van der Waals surface area (Å²) in [6.45, 7) is 0. The zero-order valence-corrected chi connectivity index (χ0v) is 18.5. The normalized spacial score (nSPS) is 12.0. The lowest BCUT2D eigenvalue weighted by Gasteiger charge is -2.27. The molecule has 3 N–H and O–H groups in total. The third-order valence-electron chi connectivity index (χ3n) is 3.33. The van der Waals surface area contributed by atoms with Crippen molar-refractivity contribution in [3.8, 4) is 0 Å². The van der Waals surface area contributed by atoms with Gasteiger partial charge in [-0.1, -0.05) is 62.9 Å². The van der Waals surface area contributed by atoms with Crippen molar-refractivity contribution in [1.29, 1.82) is 0 Å². The number of nitrogens with one attached hydrogen (secondary N) is 3. The zero-order chi connectivity index (χ0) is 20.9. The van der Waals surface area contributed by atoms with E-state index in [-0.39, 0.29) is 16.4 Å². The minimum absolute atomic E-state index is 0.0708. The number of hydrogen-bond donors (Lipinski definition) is 3. The number of benzene rings is 2. The molecule has 1 atom stereocenters. The third-order valence-corrected chi connectivity index (χ3v) is 4.73. The van der Waals surface area contributed by atoms with Crippen molar-refractivity contribution in [3.63, 3.8) is 0 Å². The van der Waals surface area contributed by atoms with E-state index in [2.05, 4.69) is 31.9 Å². The third kappa shape index (κ3) is 6.46. The highest BCUT2D eigenvalue weighted by Gasteiger charge is 2.36. The van der Waals surface area contributed by atoms with Crippen LogP contribution in [0.15, 0.2) is 53.0 Å². The summed E-state index contributed by atoms with van der Waals surface area (Å²) in [6, 6.07) is 12.5. The van der Waals surface area contributed by atoms with Crippen molar-refractivity contribution in [2.75, 3.05) is 5.32 Å². The molecule has 0 heterocycles. The average molecular weight is 527 g/mol. The Hall–Kier alpha value is -1.65. The van der Waals surface area contributed by atoms with Crippen molar-refractivity contribution < 1.29 is 9.72 Å². The molecule has 1 amide bonds. The molecule has 148 valence electrons. The fourth-order valence-electron chi connectivity index (χ4n) is 2.06. The molecule has 0 bridgehead atoms. The van der Waals surface area contributed by atoms with Gasteiger partial charge in [0.2, 0.25) is 3.79 Å². The van der Waals surface area contributed by atoms with Crippen molar-refractivity contribution in [2.45, 2.75) is 9.96 Å². The number of amides is 1. The second kappa shape index (κ2) is 9.71. The maximum atomic E-state index is 12.5. The second-order valence-corrected chi connectivity index (χ2v) is 9.02. The van der Waals surface area contributed by atoms with Crippen LogP contribution in [0, 0.1) is 10.1 Å². The number of nitro benzene ring substituents is 1. The first-order valence-electron chi connectivity index (χ1n) is 7.52. The molecular weight excluding hydrogens is 515 g/mol. The van der Waals surface area contributed by atoms with Gasteiger partial charge < -0.3 is 16.0 Å². The number of alkyl halides is 3. The number of carbonyl (C=O) groups is 1. The van der Waals surface area contributed by atoms with Crippen LogP contribution in [0.5, 0.6) is 0 Å². The zero-order valence-electron chi connectivity index (χ0n) is 13.8. The van der Waals surface area contributed by atoms with Gasteiger partial charge in [-0.3, -0.25) is 14.9 Å². The molecule has 2 rings (SSSR count). The number of halogens is 4. The molecule has 0 radical (unpaired) electrons. The monoisotopic (exact) mass is 524 g/mol. The number of anilines is 1. The predicted octanol–water partition coefficient (Wildman–Crippen LogP) is 4.77. The van der Waals surface area contributed by atoms with Crippen LogP contribution in [0.4, 0.5) is 11.4 Å². The molecule has 0 unspecified atom stereocenters. The number of para-hydroxylation sites is 1. The molecule has 0 aliphatic carbocycles. The topological polar surface area (TPSA) is 96.3 Å². The summed E-state index contributed by atoms with van der Waals surface area (Å²) in [7, 11) is 0. The maximum absolute atomic E-state index is 12.5. The van der Waals surface area contributed by atoms with Crippen LogP contribution in [0.2, 0.25) is 0 Å². The lowest BCUT2D eigenvalue weighted by Crippen LogP contribution is -2.56. The fourth-order valence-corrected chi connectivity index (χ4v) is 2.89. The molecule has 0 aromatic heterocycles. The van der Waals surface area contributed by atoms with Crippen molar-refractivity contribution in [3.05, 3.63) is 68.7 Å². The van der Waals surface area contributed by atoms with Gasteiger partial charge in [-0.15, -0.1) is 0 Å². The second-order valence-electron chi connectivity index (χ2n) is 5.33. The van der Waals surface area contributed by atoms with E-state index in [1.165, 1.54) is 24.3 Å². The van der Waals surface area contributed by atoms with E-state index in [0.717, 1.165) is 4.47 Å². The van der Waals surface area contributed by atoms with E-state index in [9.17, 15) is 14.9 Å². The summed E-state index contributed by atoms with van der Waals surface area (Å²) >= 11 is 26.3. The molecule has 28 heavy (non-hydrogen) atoms. The Morgan fingerprint density at radius 3 is 2.29 bits per heavy atom. The number of hydrogen-bond acceptors (Lipinski definition) is 4. The number of nitrogens with zero attached hydrogens (tertiary/aromatic N) is 1. The summed E-state index contributed by atoms with van der Waals surface area (Å²) in [5, 5.41) is 19.2. The Morgan fingerprint density at radius 2 is 1.71 bits per heavy atom. The van der Waals surface area contributed by atoms with E-state index in [4.69, 9.17) is 47.0 Å². The molecule has 12 heteroatoms. The van der Waals surface area contributed by atoms with Gasteiger partial charge in [0, 0.05) is 16.2 Å². The minimum atomic E-state index is -2.00. The summed E-state index contributed by atoms with van der Waals surface area (Å²) in [4.78, 5) is 22.9. The molecule has 0 fully saturated rings. The van der Waals surface area contributed by atoms with Crippen LogP contribution < -0.4 is 16.0 Å². The Balaban J connectivity index is 2.14. The Kier molecular flexibility index (Phi) is 7.85. The van der Waals surface area contributed by atoms with Gasteiger partial charge >= 0.3 is 0 Å². The molecule has 0 saturated carbocycles. The molecule has 2 aromatic rings. The quantitative estimate of drug-likeness (QED) is 0.171. The van der Waals surface area contributed by atoms with Crippen LogP contribution >= 0.6 is 63.0 Å². The number of rotatable bonds is 5. The smallest absolute Gasteiger partial charge is 0.282 e. The van der Waals surface area contributed by atoms with Gasteiger partial charge in [-0.05, 0) is 42.5 Å². The predicted molar refractivity (Wildman–Crippen MR) is 118 cm³/mol. The maximum Gasteiger partial charge on any atom is 0.282 e. The van der Waals surface area contributed by atoms with Crippen LogP contribution in [-0.4, -0.2) is 25.9 Å². The van der Waals surface area contributed by atoms with Crippen molar-refractivity contribution >= 4 is 85.3 Å². The van der Waals surface area contributed by atoms with Crippen LogP contribution in [0.3, 0.4) is 0 Å². The highest BCUT2D eigenvalue weighted by atomic mass is 79.9. The number of nitro groups is 1. The number of thiocarbonyl (C=S) groups is 1. The number of carbonyl (C=O) groups excluding carboxylic acids is 1. The van der Waals surface area contributed by atoms with Crippen LogP contribution in [0.1, 0.15) is 10.4 Å². The van der Waals surface area contributed by atoms with E-state index >= 15 is 0 Å². The average Bonchev–Trinajstić information content (AvgIpc) is 2.62. The molecule has 0 spiro atoms. The van der Waals surface area contributed by atoms with Crippen molar-refractivity contribution in [1.82, 2.24) is 10.6 Å². The fraction of sp³-hybridized carbons (Fsp3) is 0.125.